The van der Waals surface area contributed by atoms with E-state index < -0.39 is 17.0 Å². The summed E-state index contributed by atoms with van der Waals surface area (Å²) in [6.45, 7) is 1.23. The number of ether oxygens (including phenoxy) is 1. The van der Waals surface area contributed by atoms with E-state index in [0.29, 0.717) is 18.7 Å². The molecule has 0 aliphatic carbocycles. The second kappa shape index (κ2) is 8.44. The van der Waals surface area contributed by atoms with Gasteiger partial charge in [0.25, 0.3) is 11.6 Å². The number of hydrogen-bond donors (Lipinski definition) is 0. The zero-order chi connectivity index (χ0) is 19.2. The van der Waals surface area contributed by atoms with E-state index in [4.69, 9.17) is 4.74 Å². The van der Waals surface area contributed by atoms with E-state index in [1.165, 1.54) is 24.3 Å². The third-order valence-electron chi connectivity index (χ3n) is 4.54. The highest BCUT2D eigenvalue weighted by atomic mass is 16.6. The Bertz CT molecular complexity index is 831. The fraction of sp³-hybridized carbons (Fsp3) is 0.300. The summed E-state index contributed by atoms with van der Waals surface area (Å²) in [7, 11) is 0. The highest BCUT2D eigenvalue weighted by Gasteiger charge is 2.32. The summed E-state index contributed by atoms with van der Waals surface area (Å²) in [5.41, 5.74) is 0.0228. The molecule has 1 saturated heterocycles. The van der Waals surface area contributed by atoms with Crippen molar-refractivity contribution < 1.29 is 19.2 Å². The fourth-order valence-electron chi connectivity index (χ4n) is 3.14. The number of carbonyl (C=O) groups is 2. The molecular formula is C20H20N2O5. The molecule has 0 N–H and O–H groups in total. The topological polar surface area (TPSA) is 89.8 Å². The van der Waals surface area contributed by atoms with Crippen molar-refractivity contribution in [3.05, 3.63) is 75.8 Å². The van der Waals surface area contributed by atoms with Crippen LogP contribution in [-0.4, -0.2) is 34.8 Å². The summed E-state index contributed by atoms with van der Waals surface area (Å²) in [5, 5.41) is 11.2. The number of hydrogen-bond acceptors (Lipinski definition) is 5. The van der Waals surface area contributed by atoms with Crippen LogP contribution in [0.4, 0.5) is 5.69 Å². The molecule has 1 fully saturated rings. The maximum absolute atomic E-state index is 13.0. The lowest BCUT2D eigenvalue weighted by atomic mass is 10.1. The molecule has 0 spiro atoms. The van der Waals surface area contributed by atoms with Crippen LogP contribution >= 0.6 is 0 Å². The Labute approximate surface area is 156 Å². The van der Waals surface area contributed by atoms with Gasteiger partial charge in [0.05, 0.1) is 4.92 Å². The second-order valence-electron chi connectivity index (χ2n) is 6.36. The fourth-order valence-corrected chi connectivity index (χ4v) is 3.14. The molecule has 7 heteroatoms. The van der Waals surface area contributed by atoms with Crippen molar-refractivity contribution in [2.75, 3.05) is 13.1 Å². The molecular weight excluding hydrogens is 348 g/mol. The van der Waals surface area contributed by atoms with Gasteiger partial charge in [-0.15, -0.1) is 0 Å². The van der Waals surface area contributed by atoms with Gasteiger partial charge in [0.15, 0.2) is 0 Å². The molecule has 3 rings (SSSR count). The van der Waals surface area contributed by atoms with Crippen molar-refractivity contribution in [2.24, 2.45) is 0 Å². The SMILES string of the molecule is O=C(OC(C(=O)N1CCCCC1)c1ccccc1)c1ccccc1[N+](=O)[O-]. The lowest BCUT2D eigenvalue weighted by molar-refractivity contribution is -0.385. The molecule has 0 bridgehead atoms. The number of likely N-dealkylation sites (tertiary alicyclic amines) is 1. The Morgan fingerprint density at radius 1 is 0.963 bits per heavy atom. The first-order valence-electron chi connectivity index (χ1n) is 8.86. The van der Waals surface area contributed by atoms with Crippen LogP contribution in [0.2, 0.25) is 0 Å². The third kappa shape index (κ3) is 4.31. The van der Waals surface area contributed by atoms with Gasteiger partial charge in [-0.05, 0) is 25.3 Å². The van der Waals surface area contributed by atoms with Gasteiger partial charge >= 0.3 is 5.97 Å². The van der Waals surface area contributed by atoms with Gasteiger partial charge in [-0.2, -0.15) is 0 Å². The van der Waals surface area contributed by atoms with Crippen LogP contribution in [0.15, 0.2) is 54.6 Å². The lowest BCUT2D eigenvalue weighted by Crippen LogP contribution is -2.40. The number of rotatable bonds is 5. The van der Waals surface area contributed by atoms with Gasteiger partial charge in [-0.3, -0.25) is 14.9 Å². The zero-order valence-electron chi connectivity index (χ0n) is 14.7. The number of para-hydroxylation sites is 1. The van der Waals surface area contributed by atoms with E-state index >= 15 is 0 Å². The van der Waals surface area contributed by atoms with E-state index in [-0.39, 0.29) is 17.2 Å². The Balaban J connectivity index is 1.89. The van der Waals surface area contributed by atoms with Crippen LogP contribution in [0.1, 0.15) is 41.3 Å². The first-order valence-corrected chi connectivity index (χ1v) is 8.86. The van der Waals surface area contributed by atoms with Gasteiger partial charge < -0.3 is 9.64 Å². The Morgan fingerprint density at radius 3 is 2.26 bits per heavy atom. The minimum atomic E-state index is -1.13. The smallest absolute Gasteiger partial charge is 0.346 e. The predicted octanol–water partition coefficient (Wildman–Crippen LogP) is 3.51. The molecule has 0 aromatic heterocycles. The van der Waals surface area contributed by atoms with E-state index in [9.17, 15) is 19.7 Å². The first-order chi connectivity index (χ1) is 13.1. The highest BCUT2D eigenvalue weighted by Crippen LogP contribution is 2.26. The summed E-state index contributed by atoms with van der Waals surface area (Å²) in [5.74, 6) is -1.19. The van der Waals surface area contributed by atoms with Gasteiger partial charge in [0.2, 0.25) is 6.10 Å². The molecule has 1 aliphatic heterocycles. The largest absolute Gasteiger partial charge is 0.443 e. The van der Waals surface area contributed by atoms with Crippen molar-refractivity contribution in [3.8, 4) is 0 Å². The van der Waals surface area contributed by atoms with Crippen LogP contribution in [0, 0.1) is 10.1 Å². The van der Waals surface area contributed by atoms with Gasteiger partial charge in [0, 0.05) is 24.7 Å². The summed E-state index contributed by atoms with van der Waals surface area (Å²) >= 11 is 0. The predicted molar refractivity (Wildman–Crippen MR) is 98.1 cm³/mol. The van der Waals surface area contributed by atoms with Crippen molar-refractivity contribution in [3.63, 3.8) is 0 Å². The van der Waals surface area contributed by atoms with E-state index in [1.54, 1.807) is 35.2 Å². The lowest BCUT2D eigenvalue weighted by Gasteiger charge is -2.30. The van der Waals surface area contributed by atoms with Crippen molar-refractivity contribution >= 4 is 17.6 Å². The number of benzene rings is 2. The Kier molecular flexibility index (Phi) is 5.80. The molecule has 2 aromatic rings. The van der Waals surface area contributed by atoms with Gasteiger partial charge in [-0.25, -0.2) is 4.79 Å². The van der Waals surface area contributed by atoms with Gasteiger partial charge in [-0.1, -0.05) is 42.5 Å². The molecule has 2 aromatic carbocycles. The summed E-state index contributed by atoms with van der Waals surface area (Å²) < 4.78 is 5.49. The minimum Gasteiger partial charge on any atom is -0.443 e. The molecule has 1 unspecified atom stereocenters. The number of nitro benzene ring substituents is 1. The zero-order valence-corrected chi connectivity index (χ0v) is 14.7. The highest BCUT2D eigenvalue weighted by molar-refractivity contribution is 5.96. The number of piperidine rings is 1. The molecule has 1 heterocycles. The minimum absolute atomic E-state index is 0.171. The maximum atomic E-state index is 13.0. The van der Waals surface area contributed by atoms with Crippen molar-refractivity contribution in [1.82, 2.24) is 4.90 Å². The summed E-state index contributed by atoms with van der Waals surface area (Å²) in [6, 6.07) is 14.3. The van der Waals surface area contributed by atoms with E-state index in [1.807, 2.05) is 0 Å². The quantitative estimate of drug-likeness (QED) is 0.458. The molecule has 140 valence electrons. The first kappa shape index (κ1) is 18.6. The van der Waals surface area contributed by atoms with Crippen LogP contribution in [0.5, 0.6) is 0 Å². The van der Waals surface area contributed by atoms with Crippen LogP contribution in [0.25, 0.3) is 0 Å². The van der Waals surface area contributed by atoms with E-state index in [2.05, 4.69) is 0 Å². The van der Waals surface area contributed by atoms with Crippen LogP contribution in [0.3, 0.4) is 0 Å². The van der Waals surface area contributed by atoms with E-state index in [0.717, 1.165) is 19.3 Å². The van der Waals surface area contributed by atoms with Crippen LogP contribution in [-0.2, 0) is 9.53 Å². The second-order valence-corrected chi connectivity index (χ2v) is 6.36. The molecule has 0 saturated carbocycles. The van der Waals surface area contributed by atoms with Crippen molar-refractivity contribution in [2.45, 2.75) is 25.4 Å². The summed E-state index contributed by atoms with van der Waals surface area (Å²) in [6.07, 6.45) is 1.75. The molecule has 27 heavy (non-hydrogen) atoms. The number of nitro groups is 1. The summed E-state index contributed by atoms with van der Waals surface area (Å²) in [4.78, 5) is 37.9. The van der Waals surface area contributed by atoms with Gasteiger partial charge in [0.1, 0.15) is 5.56 Å². The maximum Gasteiger partial charge on any atom is 0.346 e. The molecule has 1 amide bonds. The normalized spacial score (nSPS) is 15.0. The monoisotopic (exact) mass is 368 g/mol. The van der Waals surface area contributed by atoms with Crippen LogP contribution < -0.4 is 0 Å². The van der Waals surface area contributed by atoms with Crippen molar-refractivity contribution in [1.29, 1.82) is 0 Å². The third-order valence-corrected chi connectivity index (χ3v) is 4.54. The Hall–Kier alpha value is -3.22. The number of carbonyl (C=O) groups excluding carboxylic acids is 2. The number of amides is 1. The Morgan fingerprint density at radius 2 is 1.59 bits per heavy atom. The number of esters is 1. The number of nitrogens with zero attached hydrogens (tertiary/aromatic N) is 2. The average Bonchev–Trinajstić information content (AvgIpc) is 2.72. The molecule has 7 nitrogen and oxygen atoms in total. The molecule has 1 atom stereocenters. The average molecular weight is 368 g/mol. The standard InChI is InChI=1S/C20H20N2O5/c23-19(21-13-7-2-8-14-21)18(15-9-3-1-4-10-15)27-20(24)16-11-5-6-12-17(16)22(25)26/h1,3-6,9-12,18H,2,7-8,13-14H2. The molecule has 1 aliphatic rings. The molecule has 0 radical (unpaired) electrons.